The summed E-state index contributed by atoms with van der Waals surface area (Å²) in [6.45, 7) is 3.84. The molecule has 40 heavy (non-hydrogen) atoms. The minimum Gasteiger partial charge on any atom is -0.506 e. The number of hydrogen-bond acceptors (Lipinski definition) is 8. The lowest BCUT2D eigenvalue weighted by molar-refractivity contribution is -0.112. The Kier molecular flexibility index (Phi) is 6.33. The fourth-order valence-electron chi connectivity index (χ4n) is 5.33. The van der Waals surface area contributed by atoms with Gasteiger partial charge in [-0.1, -0.05) is 30.3 Å². The smallest absolute Gasteiger partial charge is 0.298 e. The molecule has 4 aromatic rings. The topological polar surface area (TPSA) is 113 Å². The number of hydrogen-bond donors (Lipinski definition) is 2. The van der Waals surface area contributed by atoms with Crippen LogP contribution in [0.4, 0.5) is 21.7 Å². The number of halogens is 1. The number of Topliss-reactive ketones (excluding diaryl/α,β-unsaturated/α-hetero) is 1. The lowest BCUT2D eigenvalue weighted by Gasteiger charge is -2.45. The fourth-order valence-corrected chi connectivity index (χ4v) is 5.33. The maximum absolute atomic E-state index is 13.3. The minimum atomic E-state index is -0.820. The monoisotopic (exact) mass is 542 g/mol. The molecule has 2 N–H and O–H groups in total. The van der Waals surface area contributed by atoms with Crippen molar-refractivity contribution in [3.8, 4) is 22.6 Å². The first-order valence-electron chi connectivity index (χ1n) is 12.9. The third-order valence-electron chi connectivity index (χ3n) is 7.38. The molecular formula is C29H27FN6O4. The molecule has 4 heterocycles. The van der Waals surface area contributed by atoms with Gasteiger partial charge in [0.25, 0.3) is 11.7 Å². The van der Waals surface area contributed by atoms with E-state index < -0.39 is 17.5 Å². The first kappa shape index (κ1) is 25.4. The van der Waals surface area contributed by atoms with E-state index in [1.165, 1.54) is 6.07 Å². The molecule has 2 aromatic carbocycles. The highest BCUT2D eigenvalue weighted by atomic mass is 19.1. The van der Waals surface area contributed by atoms with E-state index >= 15 is 0 Å². The van der Waals surface area contributed by atoms with Crippen molar-refractivity contribution in [2.75, 3.05) is 41.4 Å². The van der Waals surface area contributed by atoms with Crippen molar-refractivity contribution in [2.24, 2.45) is 7.05 Å². The molecule has 6 rings (SSSR count). The molecule has 2 aliphatic heterocycles. The first-order valence-corrected chi connectivity index (χ1v) is 12.9. The Hall–Kier alpha value is -4.93. The Morgan fingerprint density at radius 3 is 2.60 bits per heavy atom. The summed E-state index contributed by atoms with van der Waals surface area (Å²) in [5.41, 5.74) is 3.40. The number of carbonyl (C=O) groups excluding carboxylic acids is 2. The van der Waals surface area contributed by atoms with Crippen molar-refractivity contribution in [1.82, 2.24) is 14.5 Å². The zero-order valence-electron chi connectivity index (χ0n) is 22.0. The van der Waals surface area contributed by atoms with Gasteiger partial charge < -0.3 is 29.5 Å². The number of ether oxygens (including phenoxy) is 1. The second kappa shape index (κ2) is 9.99. The number of phenols is 1. The lowest BCUT2D eigenvalue weighted by Crippen LogP contribution is -2.57. The number of benzene rings is 2. The molecule has 10 nitrogen and oxygen atoms in total. The molecule has 2 aromatic heterocycles. The van der Waals surface area contributed by atoms with Crippen LogP contribution in [0, 0.1) is 12.7 Å². The van der Waals surface area contributed by atoms with Crippen molar-refractivity contribution < 1.29 is 23.8 Å². The van der Waals surface area contributed by atoms with E-state index in [1.807, 2.05) is 53.1 Å². The van der Waals surface area contributed by atoms with E-state index in [4.69, 9.17) is 4.74 Å². The number of fused-ring (bicyclic) bond motifs is 3. The van der Waals surface area contributed by atoms with Crippen LogP contribution >= 0.6 is 0 Å². The van der Waals surface area contributed by atoms with E-state index in [9.17, 15) is 19.1 Å². The average molecular weight is 543 g/mol. The average Bonchev–Trinajstić information content (AvgIpc) is 3.26. The summed E-state index contributed by atoms with van der Waals surface area (Å²) in [4.78, 5) is 38.6. The van der Waals surface area contributed by atoms with Crippen LogP contribution in [-0.2, 0) is 11.8 Å². The van der Waals surface area contributed by atoms with Gasteiger partial charge in [0.2, 0.25) is 5.95 Å². The van der Waals surface area contributed by atoms with Crippen LogP contribution in [0.5, 0.6) is 11.5 Å². The van der Waals surface area contributed by atoms with Crippen molar-refractivity contribution >= 4 is 29.0 Å². The van der Waals surface area contributed by atoms with Crippen molar-refractivity contribution in [3.63, 3.8) is 0 Å². The van der Waals surface area contributed by atoms with Gasteiger partial charge >= 0.3 is 0 Å². The van der Waals surface area contributed by atoms with Gasteiger partial charge in [0.05, 0.1) is 18.4 Å². The third kappa shape index (κ3) is 4.49. The summed E-state index contributed by atoms with van der Waals surface area (Å²) in [5, 5.41) is 13.6. The molecule has 1 saturated heterocycles. The third-order valence-corrected chi connectivity index (χ3v) is 7.38. The number of anilines is 3. The second-order valence-electron chi connectivity index (χ2n) is 9.90. The number of ketones is 1. The Labute approximate surface area is 229 Å². The second-order valence-corrected chi connectivity index (χ2v) is 9.90. The van der Waals surface area contributed by atoms with Gasteiger partial charge in [0.1, 0.15) is 29.5 Å². The molecule has 11 heteroatoms. The molecule has 204 valence electrons. The molecular weight excluding hydrogens is 515 g/mol. The summed E-state index contributed by atoms with van der Waals surface area (Å²) in [7, 11) is 1.75. The number of aromatic nitrogens is 3. The van der Waals surface area contributed by atoms with E-state index in [-0.39, 0.29) is 23.2 Å². The predicted molar refractivity (Wildman–Crippen MR) is 147 cm³/mol. The summed E-state index contributed by atoms with van der Waals surface area (Å²) in [6, 6.07) is 14.2. The SMILES string of the molecule is Cc1cc(-c2ccccc2)c(C(=O)C(=O)Nc2cc(O)c3c(c2)OC[C@H]2CN(c4ncc(F)cn4)CCN32)n1C. The van der Waals surface area contributed by atoms with Crippen LogP contribution in [0.1, 0.15) is 16.2 Å². The van der Waals surface area contributed by atoms with E-state index in [0.717, 1.165) is 23.7 Å². The number of piperazine rings is 1. The largest absolute Gasteiger partial charge is 0.506 e. The van der Waals surface area contributed by atoms with E-state index in [0.29, 0.717) is 49.2 Å². The quantitative estimate of drug-likeness (QED) is 0.291. The van der Waals surface area contributed by atoms with Crippen molar-refractivity contribution in [3.05, 3.63) is 78.1 Å². The Balaban J connectivity index is 1.21. The first-order chi connectivity index (χ1) is 19.3. The van der Waals surface area contributed by atoms with Crippen LogP contribution in [-0.4, -0.2) is 63.6 Å². The lowest BCUT2D eigenvalue weighted by atomic mass is 10.0. The number of rotatable bonds is 5. The highest BCUT2D eigenvalue weighted by Gasteiger charge is 2.36. The number of amides is 1. The number of carbonyl (C=O) groups is 2. The summed E-state index contributed by atoms with van der Waals surface area (Å²) < 4.78 is 20.9. The van der Waals surface area contributed by atoms with Crippen LogP contribution in [0.25, 0.3) is 11.1 Å². The fraction of sp³-hybridized carbons (Fsp3) is 0.241. The molecule has 0 aliphatic carbocycles. The van der Waals surface area contributed by atoms with Crippen molar-refractivity contribution in [1.29, 1.82) is 0 Å². The van der Waals surface area contributed by atoms with E-state index in [2.05, 4.69) is 15.3 Å². The molecule has 1 atom stereocenters. The maximum atomic E-state index is 13.3. The Morgan fingerprint density at radius 2 is 1.85 bits per heavy atom. The van der Waals surface area contributed by atoms with Gasteiger partial charge in [-0.15, -0.1) is 0 Å². The van der Waals surface area contributed by atoms with Gasteiger partial charge in [0.15, 0.2) is 5.82 Å². The minimum absolute atomic E-state index is 0.0730. The van der Waals surface area contributed by atoms with Crippen molar-refractivity contribution in [2.45, 2.75) is 13.0 Å². The molecule has 0 saturated carbocycles. The number of aryl methyl sites for hydroxylation is 1. The highest BCUT2D eigenvalue weighted by molar-refractivity contribution is 6.47. The summed E-state index contributed by atoms with van der Waals surface area (Å²) in [6.07, 6.45) is 2.27. The van der Waals surface area contributed by atoms with Gasteiger partial charge in [0, 0.05) is 55.8 Å². The van der Waals surface area contributed by atoms with E-state index in [1.54, 1.807) is 17.7 Å². The molecule has 0 radical (unpaired) electrons. The van der Waals surface area contributed by atoms with Crippen LogP contribution in [0.2, 0.25) is 0 Å². The number of nitrogens with zero attached hydrogens (tertiary/aromatic N) is 5. The maximum Gasteiger partial charge on any atom is 0.298 e. The van der Waals surface area contributed by atoms with Crippen LogP contribution in [0.15, 0.2) is 60.9 Å². The molecule has 0 spiro atoms. The van der Waals surface area contributed by atoms with Gasteiger partial charge in [-0.05, 0) is 18.6 Å². The molecule has 1 fully saturated rings. The Bertz CT molecular complexity index is 1610. The normalized spacial score (nSPS) is 16.1. The van der Waals surface area contributed by atoms with Gasteiger partial charge in [-0.2, -0.15) is 0 Å². The zero-order chi connectivity index (χ0) is 28.0. The molecule has 0 unspecified atom stereocenters. The number of phenolic OH excluding ortho intramolecular Hbond substituents is 1. The summed E-state index contributed by atoms with van der Waals surface area (Å²) >= 11 is 0. The van der Waals surface area contributed by atoms with Gasteiger partial charge in [-0.3, -0.25) is 9.59 Å². The zero-order valence-corrected chi connectivity index (χ0v) is 22.0. The molecule has 2 aliphatic rings. The number of aromatic hydroxyl groups is 1. The molecule has 0 bridgehead atoms. The number of nitrogens with one attached hydrogen (secondary N) is 1. The molecule has 1 amide bonds. The standard InChI is InChI=1S/C29H27FN6O4/c1-17-10-22(18-6-4-3-5-7-18)25(34(17)2)27(38)28(39)33-20-11-23(37)26-24(12-20)40-16-21-15-35(8-9-36(21)26)29-31-13-19(30)14-32-29/h3-7,10-14,21,37H,8-9,15-16H2,1-2H3,(H,33,39)/t21-/m1/s1. The van der Waals surface area contributed by atoms with Crippen LogP contribution < -0.4 is 19.9 Å². The Morgan fingerprint density at radius 1 is 1.10 bits per heavy atom. The van der Waals surface area contributed by atoms with Gasteiger partial charge in [-0.25, -0.2) is 14.4 Å². The predicted octanol–water partition coefficient (Wildman–Crippen LogP) is 3.54. The highest BCUT2D eigenvalue weighted by Crippen LogP contribution is 2.44. The van der Waals surface area contributed by atoms with Crippen LogP contribution in [0.3, 0.4) is 0 Å². The summed E-state index contributed by atoms with van der Waals surface area (Å²) in [5.74, 6) is -1.24.